The highest BCUT2D eigenvalue weighted by Crippen LogP contribution is 2.24. The largest absolute Gasteiger partial charge is 0.327 e. The van der Waals surface area contributed by atoms with Crippen molar-refractivity contribution in [3.63, 3.8) is 0 Å². The molecule has 7 heteroatoms. The van der Waals surface area contributed by atoms with Crippen molar-refractivity contribution in [2.75, 3.05) is 18.9 Å². The SMILES string of the molecule is CCN1C(Nc2ccc(C)cc2)=NC2C1C(=O)NC(=O)N2C. The number of likely N-dealkylation sites (N-methyl/N-ethyl adjacent to an activating group) is 2. The van der Waals surface area contributed by atoms with E-state index in [1.54, 1.807) is 7.05 Å². The zero-order chi connectivity index (χ0) is 15.9. The number of nitrogens with zero attached hydrogens (tertiary/aromatic N) is 3. The maximum Gasteiger partial charge on any atom is 0.325 e. The van der Waals surface area contributed by atoms with Crippen LogP contribution in [0.5, 0.6) is 0 Å². The number of aliphatic imine (C=N–C) groups is 1. The summed E-state index contributed by atoms with van der Waals surface area (Å²) in [5.41, 5.74) is 2.07. The first-order chi connectivity index (χ1) is 10.5. The molecule has 2 aliphatic heterocycles. The molecule has 1 fully saturated rings. The van der Waals surface area contributed by atoms with E-state index in [1.807, 2.05) is 43.0 Å². The highest BCUT2D eigenvalue weighted by molar-refractivity contribution is 6.06. The summed E-state index contributed by atoms with van der Waals surface area (Å²) in [6, 6.07) is 7.03. The maximum absolute atomic E-state index is 12.1. The number of hydrogen-bond acceptors (Lipinski definition) is 5. The van der Waals surface area contributed by atoms with Gasteiger partial charge in [0.15, 0.2) is 12.2 Å². The van der Waals surface area contributed by atoms with Crippen LogP contribution in [-0.2, 0) is 4.79 Å². The first-order valence-electron chi connectivity index (χ1n) is 7.27. The molecule has 2 aliphatic rings. The number of guanidine groups is 1. The van der Waals surface area contributed by atoms with Crippen molar-refractivity contribution in [1.82, 2.24) is 15.1 Å². The van der Waals surface area contributed by atoms with Crippen LogP contribution < -0.4 is 10.6 Å². The number of carbonyl (C=O) groups is 2. The molecule has 116 valence electrons. The Labute approximate surface area is 129 Å². The number of nitrogens with one attached hydrogen (secondary N) is 2. The molecule has 0 radical (unpaired) electrons. The Morgan fingerprint density at radius 3 is 2.59 bits per heavy atom. The third-order valence-electron chi connectivity index (χ3n) is 4.01. The van der Waals surface area contributed by atoms with E-state index in [-0.39, 0.29) is 5.91 Å². The van der Waals surface area contributed by atoms with Crippen LogP contribution in [0.3, 0.4) is 0 Å². The third-order valence-corrected chi connectivity index (χ3v) is 4.01. The van der Waals surface area contributed by atoms with Gasteiger partial charge in [0.25, 0.3) is 5.91 Å². The Kier molecular flexibility index (Phi) is 3.48. The summed E-state index contributed by atoms with van der Waals surface area (Å²) < 4.78 is 0. The summed E-state index contributed by atoms with van der Waals surface area (Å²) >= 11 is 0. The second kappa shape index (κ2) is 5.32. The lowest BCUT2D eigenvalue weighted by Gasteiger charge is -2.35. The molecule has 0 saturated carbocycles. The first kappa shape index (κ1) is 14.4. The predicted molar refractivity (Wildman–Crippen MR) is 83.5 cm³/mol. The lowest BCUT2D eigenvalue weighted by Crippen LogP contribution is -2.63. The second-order valence-corrected chi connectivity index (χ2v) is 5.49. The van der Waals surface area contributed by atoms with Gasteiger partial charge in [0.1, 0.15) is 0 Å². The van der Waals surface area contributed by atoms with Crippen LogP contribution in [0.25, 0.3) is 0 Å². The van der Waals surface area contributed by atoms with E-state index in [4.69, 9.17) is 0 Å². The molecule has 0 bridgehead atoms. The van der Waals surface area contributed by atoms with Crippen LogP contribution in [0.4, 0.5) is 10.5 Å². The quantitative estimate of drug-likeness (QED) is 0.853. The van der Waals surface area contributed by atoms with Gasteiger partial charge < -0.3 is 15.1 Å². The van der Waals surface area contributed by atoms with Crippen molar-refractivity contribution in [2.45, 2.75) is 26.1 Å². The summed E-state index contributed by atoms with van der Waals surface area (Å²) in [4.78, 5) is 31.7. The minimum atomic E-state index is -0.492. The zero-order valence-electron chi connectivity index (χ0n) is 12.8. The van der Waals surface area contributed by atoms with Crippen molar-refractivity contribution in [3.8, 4) is 0 Å². The lowest BCUT2D eigenvalue weighted by molar-refractivity contribution is -0.127. The Morgan fingerprint density at radius 1 is 1.27 bits per heavy atom. The number of urea groups is 1. The Morgan fingerprint density at radius 2 is 1.95 bits per heavy atom. The second-order valence-electron chi connectivity index (χ2n) is 5.49. The monoisotopic (exact) mass is 301 g/mol. The van der Waals surface area contributed by atoms with E-state index in [2.05, 4.69) is 15.6 Å². The van der Waals surface area contributed by atoms with Crippen LogP contribution >= 0.6 is 0 Å². The van der Waals surface area contributed by atoms with Gasteiger partial charge in [-0.2, -0.15) is 0 Å². The van der Waals surface area contributed by atoms with E-state index < -0.39 is 18.2 Å². The molecule has 0 aromatic heterocycles. The van der Waals surface area contributed by atoms with E-state index >= 15 is 0 Å². The molecule has 2 N–H and O–H groups in total. The van der Waals surface area contributed by atoms with E-state index in [0.717, 1.165) is 5.69 Å². The van der Waals surface area contributed by atoms with Gasteiger partial charge in [-0.05, 0) is 26.0 Å². The number of benzene rings is 1. The Bertz CT molecular complexity index is 640. The van der Waals surface area contributed by atoms with Crippen molar-refractivity contribution >= 4 is 23.6 Å². The molecule has 7 nitrogen and oxygen atoms in total. The summed E-state index contributed by atoms with van der Waals surface area (Å²) in [7, 11) is 1.64. The van der Waals surface area contributed by atoms with E-state index in [0.29, 0.717) is 12.5 Å². The van der Waals surface area contributed by atoms with E-state index in [1.165, 1.54) is 10.5 Å². The number of aryl methyl sites for hydroxylation is 1. The molecule has 2 heterocycles. The van der Waals surface area contributed by atoms with Gasteiger partial charge in [-0.1, -0.05) is 17.7 Å². The van der Waals surface area contributed by atoms with Crippen LogP contribution in [0.2, 0.25) is 0 Å². The van der Waals surface area contributed by atoms with E-state index in [9.17, 15) is 9.59 Å². The van der Waals surface area contributed by atoms with Crippen LogP contribution in [0, 0.1) is 6.92 Å². The van der Waals surface area contributed by atoms with Crippen LogP contribution in [-0.4, -0.2) is 53.5 Å². The molecular formula is C15H19N5O2. The van der Waals surface area contributed by atoms with Gasteiger partial charge in [0, 0.05) is 19.3 Å². The highest BCUT2D eigenvalue weighted by atomic mass is 16.2. The third kappa shape index (κ3) is 2.28. The van der Waals surface area contributed by atoms with Gasteiger partial charge in [0.2, 0.25) is 5.96 Å². The number of imide groups is 1. The number of anilines is 1. The summed E-state index contributed by atoms with van der Waals surface area (Å²) in [6.07, 6.45) is -0.492. The Hall–Kier alpha value is -2.57. The molecule has 1 saturated heterocycles. The lowest BCUT2D eigenvalue weighted by atomic mass is 10.1. The number of carbonyl (C=O) groups excluding carboxylic acids is 2. The summed E-state index contributed by atoms with van der Waals surface area (Å²) in [5, 5.41) is 5.60. The first-order valence-corrected chi connectivity index (χ1v) is 7.27. The van der Waals surface area contributed by atoms with Crippen molar-refractivity contribution < 1.29 is 9.59 Å². The summed E-state index contributed by atoms with van der Waals surface area (Å²) in [6.45, 7) is 4.60. The number of hydrogen-bond donors (Lipinski definition) is 2. The molecule has 22 heavy (non-hydrogen) atoms. The van der Waals surface area contributed by atoms with Crippen molar-refractivity contribution in [1.29, 1.82) is 0 Å². The van der Waals surface area contributed by atoms with Crippen LogP contribution in [0.15, 0.2) is 29.3 Å². The fourth-order valence-electron chi connectivity index (χ4n) is 2.74. The average molecular weight is 301 g/mol. The van der Waals surface area contributed by atoms with Gasteiger partial charge >= 0.3 is 6.03 Å². The normalized spacial score (nSPS) is 24.0. The van der Waals surface area contributed by atoms with Crippen molar-refractivity contribution in [3.05, 3.63) is 29.8 Å². The highest BCUT2D eigenvalue weighted by Gasteiger charge is 2.48. The molecule has 3 amide bonds. The molecular weight excluding hydrogens is 282 g/mol. The molecule has 3 rings (SSSR count). The van der Waals surface area contributed by atoms with Gasteiger partial charge in [-0.3, -0.25) is 10.1 Å². The average Bonchev–Trinajstić information content (AvgIpc) is 2.86. The molecule has 0 spiro atoms. The topological polar surface area (TPSA) is 77.0 Å². The summed E-state index contributed by atoms with van der Waals surface area (Å²) in [5.74, 6) is 0.303. The number of amides is 3. The molecule has 2 unspecified atom stereocenters. The minimum absolute atomic E-state index is 0.306. The van der Waals surface area contributed by atoms with Crippen molar-refractivity contribution in [2.24, 2.45) is 4.99 Å². The van der Waals surface area contributed by atoms with Gasteiger partial charge in [-0.15, -0.1) is 0 Å². The van der Waals surface area contributed by atoms with Gasteiger partial charge in [0.05, 0.1) is 0 Å². The number of rotatable bonds is 2. The fourth-order valence-corrected chi connectivity index (χ4v) is 2.74. The molecule has 1 aromatic carbocycles. The predicted octanol–water partition coefficient (Wildman–Crippen LogP) is 0.975. The maximum atomic E-state index is 12.1. The number of fused-ring (bicyclic) bond motifs is 1. The molecule has 1 aromatic rings. The van der Waals surface area contributed by atoms with Crippen LogP contribution in [0.1, 0.15) is 12.5 Å². The molecule has 2 atom stereocenters. The fraction of sp³-hybridized carbons (Fsp3) is 0.400. The van der Waals surface area contributed by atoms with Gasteiger partial charge in [-0.25, -0.2) is 9.79 Å². The smallest absolute Gasteiger partial charge is 0.325 e. The molecule has 0 aliphatic carbocycles. The standard InChI is InChI=1S/C15H19N5O2/c1-4-20-11-12(19(3)15(22)18-13(11)21)17-14(20)16-10-7-5-9(2)6-8-10/h5-8,11-12H,4H2,1-3H3,(H,16,17)(H,18,21,22). The zero-order valence-corrected chi connectivity index (χ0v) is 12.8. The Balaban J connectivity index is 1.88. The minimum Gasteiger partial charge on any atom is -0.327 e.